The lowest BCUT2D eigenvalue weighted by Gasteiger charge is -2.32. The van der Waals surface area contributed by atoms with Gasteiger partial charge in [0.05, 0.1) is 11.4 Å². The van der Waals surface area contributed by atoms with E-state index < -0.39 is 0 Å². The van der Waals surface area contributed by atoms with E-state index in [0.29, 0.717) is 5.92 Å². The van der Waals surface area contributed by atoms with Crippen LogP contribution in [0.3, 0.4) is 0 Å². The van der Waals surface area contributed by atoms with Crippen LogP contribution < -0.4 is 15.1 Å². The Morgan fingerprint density at radius 3 is 1.80 bits per heavy atom. The summed E-state index contributed by atoms with van der Waals surface area (Å²) >= 11 is 0. The molecule has 0 aliphatic carbocycles. The van der Waals surface area contributed by atoms with Gasteiger partial charge in [-0.15, -0.1) is 0 Å². The van der Waals surface area contributed by atoms with Crippen molar-refractivity contribution in [3.8, 4) is 22.3 Å². The van der Waals surface area contributed by atoms with E-state index in [-0.39, 0.29) is 6.17 Å². The van der Waals surface area contributed by atoms with Crippen LogP contribution in [0, 0.1) is 0 Å². The summed E-state index contributed by atoms with van der Waals surface area (Å²) in [7, 11) is 4.32. The molecule has 3 nitrogen and oxygen atoms in total. The Balaban J connectivity index is 1.04. The molecule has 0 saturated heterocycles. The minimum absolute atomic E-state index is 0.140. The lowest BCUT2D eigenvalue weighted by molar-refractivity contribution is 0.792. The normalized spacial score (nSPS) is 17.2. The van der Waals surface area contributed by atoms with Gasteiger partial charge in [-0.1, -0.05) is 116 Å². The van der Waals surface area contributed by atoms with Gasteiger partial charge in [0.2, 0.25) is 0 Å². The third-order valence-corrected chi connectivity index (χ3v) is 9.44. The van der Waals surface area contributed by atoms with Crippen molar-refractivity contribution in [2.24, 2.45) is 0 Å². The van der Waals surface area contributed by atoms with Crippen molar-refractivity contribution in [3.63, 3.8) is 0 Å². The summed E-state index contributed by atoms with van der Waals surface area (Å²) < 4.78 is 0. The molecule has 2 heterocycles. The third kappa shape index (κ3) is 4.44. The first kappa shape index (κ1) is 26.4. The fraction of sp³-hybridized carbons (Fsp3) is 0.122. The van der Waals surface area contributed by atoms with Crippen molar-refractivity contribution >= 4 is 33.5 Å². The molecular formula is C41H35N3. The van der Waals surface area contributed by atoms with Crippen molar-refractivity contribution in [2.45, 2.75) is 19.0 Å². The molecule has 44 heavy (non-hydrogen) atoms. The van der Waals surface area contributed by atoms with Gasteiger partial charge >= 0.3 is 0 Å². The second-order valence-corrected chi connectivity index (χ2v) is 12.1. The highest BCUT2D eigenvalue weighted by molar-refractivity contribution is 5.91. The van der Waals surface area contributed by atoms with E-state index in [1.165, 1.54) is 72.5 Å². The van der Waals surface area contributed by atoms with Gasteiger partial charge in [-0.25, -0.2) is 0 Å². The zero-order valence-electron chi connectivity index (χ0n) is 25.3. The fourth-order valence-corrected chi connectivity index (χ4v) is 6.93. The Morgan fingerprint density at radius 1 is 0.545 bits per heavy atom. The van der Waals surface area contributed by atoms with Gasteiger partial charge in [0.1, 0.15) is 6.17 Å². The predicted molar refractivity (Wildman–Crippen MR) is 187 cm³/mol. The van der Waals surface area contributed by atoms with Crippen LogP contribution >= 0.6 is 0 Å². The maximum atomic E-state index is 3.66. The molecule has 0 bridgehead atoms. The molecule has 2 aliphatic heterocycles. The van der Waals surface area contributed by atoms with Crippen molar-refractivity contribution in [3.05, 3.63) is 156 Å². The number of nitrogens with zero attached hydrogens (tertiary/aromatic N) is 2. The minimum atomic E-state index is 0.140. The van der Waals surface area contributed by atoms with Gasteiger partial charge in [0.15, 0.2) is 0 Å². The number of allylic oxidation sites excluding steroid dienone is 1. The van der Waals surface area contributed by atoms with Crippen LogP contribution in [0.25, 0.3) is 38.7 Å². The first-order chi connectivity index (χ1) is 21.5. The minimum Gasteiger partial charge on any atom is -0.360 e. The Bertz CT molecular complexity index is 2040. The summed E-state index contributed by atoms with van der Waals surface area (Å²) in [5.41, 5.74) is 13.8. The first-order valence-electron chi connectivity index (χ1n) is 15.4. The molecule has 0 spiro atoms. The highest BCUT2D eigenvalue weighted by atomic mass is 15.3. The first-order valence-corrected chi connectivity index (χ1v) is 15.4. The van der Waals surface area contributed by atoms with Crippen molar-refractivity contribution in [1.29, 1.82) is 0 Å². The lowest BCUT2D eigenvalue weighted by Crippen LogP contribution is -2.23. The maximum absolute atomic E-state index is 3.66. The van der Waals surface area contributed by atoms with Crippen LogP contribution in [-0.4, -0.2) is 14.1 Å². The Morgan fingerprint density at radius 2 is 1.11 bits per heavy atom. The summed E-state index contributed by atoms with van der Waals surface area (Å²) in [4.78, 5) is 4.62. The Hall–Kier alpha value is -5.28. The standard InChI is InChI=1S/C41H35N3/c1-27-24-40(43(2)38-10-6-4-8-36(27)38)31-18-12-28(13-19-31)33-22-16-30-17-23-34(26-35(30)25-33)29-14-20-32(21-15-29)41-42-37-9-5-7-11-39(37)44(41)3/h4-27,41-42H,1-3H3. The zero-order valence-corrected chi connectivity index (χ0v) is 25.3. The quantitative estimate of drug-likeness (QED) is 0.228. The fourth-order valence-electron chi connectivity index (χ4n) is 6.93. The average molecular weight is 570 g/mol. The number of fused-ring (bicyclic) bond motifs is 3. The second-order valence-electron chi connectivity index (χ2n) is 12.1. The number of para-hydroxylation sites is 3. The summed E-state index contributed by atoms with van der Waals surface area (Å²) in [6.07, 6.45) is 2.52. The topological polar surface area (TPSA) is 18.5 Å². The highest BCUT2D eigenvalue weighted by Crippen LogP contribution is 2.41. The SMILES string of the molecule is CC1C=C(c2ccc(-c3ccc4ccc(-c5ccc(C6Nc7ccccc7N6C)cc5)cc4c3)cc2)N(C)c2ccccc21. The highest BCUT2D eigenvalue weighted by Gasteiger charge is 2.26. The van der Waals surface area contributed by atoms with E-state index in [9.17, 15) is 0 Å². The molecule has 1 N–H and O–H groups in total. The second kappa shape index (κ2) is 10.5. The number of hydrogen-bond donors (Lipinski definition) is 1. The summed E-state index contributed by atoms with van der Waals surface area (Å²) in [6, 6.07) is 48.8. The van der Waals surface area contributed by atoms with Crippen molar-refractivity contribution in [1.82, 2.24) is 0 Å². The molecule has 6 aromatic carbocycles. The number of rotatable bonds is 4. The molecular weight excluding hydrogens is 534 g/mol. The molecule has 0 amide bonds. The van der Waals surface area contributed by atoms with Gasteiger partial charge in [0.25, 0.3) is 0 Å². The van der Waals surface area contributed by atoms with Crippen molar-refractivity contribution in [2.75, 3.05) is 29.2 Å². The van der Waals surface area contributed by atoms with Crippen LogP contribution in [0.2, 0.25) is 0 Å². The number of anilines is 3. The van der Waals surface area contributed by atoms with E-state index in [1.807, 2.05) is 0 Å². The number of nitrogens with one attached hydrogen (secondary N) is 1. The van der Waals surface area contributed by atoms with E-state index in [2.05, 4.69) is 176 Å². The zero-order chi connectivity index (χ0) is 29.8. The van der Waals surface area contributed by atoms with Crippen LogP contribution in [0.1, 0.15) is 35.7 Å². The molecule has 6 aromatic rings. The summed E-state index contributed by atoms with van der Waals surface area (Å²) in [6.45, 7) is 2.28. The van der Waals surface area contributed by atoms with E-state index in [1.54, 1.807) is 0 Å². The molecule has 0 radical (unpaired) electrons. The van der Waals surface area contributed by atoms with Gasteiger partial charge in [-0.3, -0.25) is 0 Å². The number of hydrogen-bond acceptors (Lipinski definition) is 3. The molecule has 2 atom stereocenters. The molecule has 2 aliphatic rings. The van der Waals surface area contributed by atoms with Gasteiger partial charge in [-0.05, 0) is 80.0 Å². The van der Waals surface area contributed by atoms with Gasteiger partial charge in [0, 0.05) is 31.4 Å². The molecule has 8 rings (SSSR count). The van der Waals surface area contributed by atoms with E-state index in [0.717, 1.165) is 0 Å². The molecule has 0 aromatic heterocycles. The predicted octanol–water partition coefficient (Wildman–Crippen LogP) is 10.3. The molecule has 2 unspecified atom stereocenters. The van der Waals surface area contributed by atoms with Crippen LogP contribution in [0.4, 0.5) is 17.1 Å². The third-order valence-electron chi connectivity index (χ3n) is 9.44. The summed E-state index contributed by atoms with van der Waals surface area (Å²) in [5, 5.41) is 6.16. The average Bonchev–Trinajstić information content (AvgIpc) is 3.42. The van der Waals surface area contributed by atoms with Crippen LogP contribution in [-0.2, 0) is 0 Å². The molecule has 3 heteroatoms. The monoisotopic (exact) mass is 569 g/mol. The Kier molecular flexibility index (Phi) is 6.27. The largest absolute Gasteiger partial charge is 0.360 e. The Labute approximate surface area is 259 Å². The molecule has 0 fully saturated rings. The van der Waals surface area contributed by atoms with Crippen molar-refractivity contribution < 1.29 is 0 Å². The number of benzene rings is 6. The van der Waals surface area contributed by atoms with Gasteiger partial charge < -0.3 is 15.1 Å². The van der Waals surface area contributed by atoms with Crippen LogP contribution in [0.5, 0.6) is 0 Å². The lowest BCUT2D eigenvalue weighted by atomic mass is 9.91. The van der Waals surface area contributed by atoms with Gasteiger partial charge in [-0.2, -0.15) is 0 Å². The molecule has 214 valence electrons. The maximum Gasteiger partial charge on any atom is 0.125 e. The van der Waals surface area contributed by atoms with E-state index in [4.69, 9.17) is 0 Å². The smallest absolute Gasteiger partial charge is 0.125 e. The van der Waals surface area contributed by atoms with Crippen LogP contribution in [0.15, 0.2) is 140 Å². The molecule has 0 saturated carbocycles. The summed E-state index contributed by atoms with van der Waals surface area (Å²) in [5.74, 6) is 0.390. The van der Waals surface area contributed by atoms with E-state index >= 15 is 0 Å².